The molecule has 2 aliphatic rings. The van der Waals surface area contributed by atoms with Crippen molar-refractivity contribution in [3.8, 4) is 0 Å². The molecule has 3 rings (SSSR count). The predicted molar refractivity (Wildman–Crippen MR) is 94.5 cm³/mol. The first-order chi connectivity index (χ1) is 11.5. The molecule has 0 aliphatic carbocycles. The van der Waals surface area contributed by atoms with Crippen LogP contribution in [0.25, 0.3) is 0 Å². The minimum atomic E-state index is -3.84. The molecule has 6 nitrogen and oxygen atoms in total. The lowest BCUT2D eigenvalue weighted by molar-refractivity contribution is -0.126. The molecule has 9 heteroatoms. The fourth-order valence-corrected chi connectivity index (χ4v) is 4.57. The Kier molecular flexibility index (Phi) is 6.79. The number of carbonyl (C=O) groups excluding carboxylic acids is 1. The molecular formula is C16H23ClFN3O3S. The Hall–Kier alpha value is -1.22. The minimum Gasteiger partial charge on any atom is -0.355 e. The number of carbonyl (C=O) groups is 1. The van der Waals surface area contributed by atoms with Gasteiger partial charge in [-0.25, -0.2) is 12.8 Å². The predicted octanol–water partition coefficient (Wildman–Crippen LogP) is 0.984. The Morgan fingerprint density at radius 3 is 2.44 bits per heavy atom. The highest BCUT2D eigenvalue weighted by Crippen LogP contribution is 2.25. The van der Waals surface area contributed by atoms with E-state index >= 15 is 0 Å². The molecule has 0 radical (unpaired) electrons. The van der Waals surface area contributed by atoms with Crippen molar-refractivity contribution in [3.63, 3.8) is 0 Å². The van der Waals surface area contributed by atoms with Crippen molar-refractivity contribution in [2.45, 2.75) is 17.7 Å². The molecule has 0 saturated carbocycles. The van der Waals surface area contributed by atoms with Crippen molar-refractivity contribution in [2.75, 3.05) is 32.7 Å². The van der Waals surface area contributed by atoms with Crippen molar-refractivity contribution in [1.82, 2.24) is 14.9 Å². The molecule has 2 N–H and O–H groups in total. The average molecular weight is 392 g/mol. The van der Waals surface area contributed by atoms with E-state index < -0.39 is 15.8 Å². The van der Waals surface area contributed by atoms with E-state index in [1.54, 1.807) is 0 Å². The smallest absolute Gasteiger partial charge is 0.245 e. The van der Waals surface area contributed by atoms with Gasteiger partial charge in [-0.1, -0.05) is 12.1 Å². The standard InChI is InChI=1S/C16H22FN3O3S.ClH/c17-14-3-1-2-4-15(14)24(22,23)20-7-5-13(6-8-20)16(21)19-11-12-9-18-10-12;/h1-4,12-13,18H,5-11H2,(H,19,21);1H. The number of nitrogens with one attached hydrogen (secondary N) is 2. The molecule has 2 fully saturated rings. The third-order valence-corrected chi connectivity index (χ3v) is 6.64. The summed E-state index contributed by atoms with van der Waals surface area (Å²) < 4.78 is 40.1. The van der Waals surface area contributed by atoms with E-state index in [2.05, 4.69) is 10.6 Å². The fraction of sp³-hybridized carbons (Fsp3) is 0.562. The van der Waals surface area contributed by atoms with E-state index in [9.17, 15) is 17.6 Å². The Balaban J connectivity index is 0.00000225. The summed E-state index contributed by atoms with van der Waals surface area (Å²) in [5.74, 6) is -0.433. The van der Waals surface area contributed by atoms with Gasteiger partial charge in [-0.2, -0.15) is 4.31 Å². The summed E-state index contributed by atoms with van der Waals surface area (Å²) in [7, 11) is -3.84. The highest BCUT2D eigenvalue weighted by atomic mass is 35.5. The van der Waals surface area contributed by atoms with E-state index in [-0.39, 0.29) is 42.2 Å². The summed E-state index contributed by atoms with van der Waals surface area (Å²) in [5, 5.41) is 6.09. The summed E-state index contributed by atoms with van der Waals surface area (Å²) in [6.07, 6.45) is 0.921. The lowest BCUT2D eigenvalue weighted by atomic mass is 9.96. The van der Waals surface area contributed by atoms with Gasteiger partial charge < -0.3 is 10.6 Å². The van der Waals surface area contributed by atoms with Crippen molar-refractivity contribution in [2.24, 2.45) is 11.8 Å². The lowest BCUT2D eigenvalue weighted by Gasteiger charge is -2.32. The second-order valence-electron chi connectivity index (χ2n) is 6.38. The highest BCUT2D eigenvalue weighted by Gasteiger charge is 2.33. The number of piperidine rings is 1. The van der Waals surface area contributed by atoms with Gasteiger partial charge >= 0.3 is 0 Å². The van der Waals surface area contributed by atoms with E-state index in [0.29, 0.717) is 25.3 Å². The fourth-order valence-electron chi connectivity index (χ4n) is 3.03. The van der Waals surface area contributed by atoms with Gasteiger partial charge in [-0.05, 0) is 25.0 Å². The molecule has 0 aromatic heterocycles. The van der Waals surface area contributed by atoms with Gasteiger partial charge in [0.05, 0.1) is 0 Å². The maximum atomic E-state index is 13.8. The van der Waals surface area contributed by atoms with Crippen molar-refractivity contribution in [3.05, 3.63) is 30.1 Å². The van der Waals surface area contributed by atoms with Gasteiger partial charge in [0.25, 0.3) is 0 Å². The largest absolute Gasteiger partial charge is 0.355 e. The SMILES string of the molecule is Cl.O=C(NCC1CNC1)C1CCN(S(=O)(=O)c2ccccc2F)CC1. The molecule has 0 atom stereocenters. The second-order valence-corrected chi connectivity index (χ2v) is 8.28. The van der Waals surface area contributed by atoms with Crippen molar-refractivity contribution in [1.29, 1.82) is 0 Å². The number of hydrogen-bond donors (Lipinski definition) is 2. The van der Waals surface area contributed by atoms with E-state index in [1.807, 2.05) is 0 Å². The van der Waals surface area contributed by atoms with Crippen LogP contribution in [0.1, 0.15) is 12.8 Å². The quantitative estimate of drug-likeness (QED) is 0.784. The number of nitrogens with zero attached hydrogens (tertiary/aromatic N) is 1. The van der Waals surface area contributed by atoms with E-state index in [1.165, 1.54) is 22.5 Å². The first-order valence-corrected chi connectivity index (χ1v) is 9.65. The van der Waals surface area contributed by atoms with Crippen LogP contribution in [0.5, 0.6) is 0 Å². The first-order valence-electron chi connectivity index (χ1n) is 8.21. The lowest BCUT2D eigenvalue weighted by Crippen LogP contribution is -2.50. The normalized spacial score (nSPS) is 19.7. The Morgan fingerprint density at radius 2 is 1.88 bits per heavy atom. The van der Waals surface area contributed by atoms with Crippen LogP contribution in [0.15, 0.2) is 29.2 Å². The maximum absolute atomic E-state index is 13.8. The Labute approximate surface area is 153 Å². The number of amides is 1. The molecular weight excluding hydrogens is 369 g/mol. The molecule has 0 spiro atoms. The molecule has 25 heavy (non-hydrogen) atoms. The number of halogens is 2. The van der Waals surface area contributed by atoms with Crippen LogP contribution in [0.3, 0.4) is 0 Å². The van der Waals surface area contributed by atoms with E-state index in [0.717, 1.165) is 19.2 Å². The number of sulfonamides is 1. The molecule has 140 valence electrons. The van der Waals surface area contributed by atoms with Gasteiger partial charge in [0, 0.05) is 44.6 Å². The summed E-state index contributed by atoms with van der Waals surface area (Å²) >= 11 is 0. The Bertz CT molecular complexity index is 704. The monoisotopic (exact) mass is 391 g/mol. The van der Waals surface area contributed by atoms with Crippen LogP contribution in [0, 0.1) is 17.7 Å². The summed E-state index contributed by atoms with van der Waals surface area (Å²) in [6, 6.07) is 5.38. The zero-order valence-electron chi connectivity index (χ0n) is 13.8. The van der Waals surface area contributed by atoms with Gasteiger partial charge in [0.2, 0.25) is 15.9 Å². The molecule has 0 bridgehead atoms. The molecule has 1 amide bonds. The number of rotatable bonds is 5. The van der Waals surface area contributed by atoms with Gasteiger partial charge in [0.1, 0.15) is 10.7 Å². The summed E-state index contributed by atoms with van der Waals surface area (Å²) in [4.78, 5) is 11.9. The number of hydrogen-bond acceptors (Lipinski definition) is 4. The second kappa shape index (κ2) is 8.44. The minimum absolute atomic E-state index is 0. The van der Waals surface area contributed by atoms with Crippen LogP contribution in [0.4, 0.5) is 4.39 Å². The molecule has 1 aromatic carbocycles. The van der Waals surface area contributed by atoms with Gasteiger partial charge in [0.15, 0.2) is 0 Å². The maximum Gasteiger partial charge on any atom is 0.245 e. The Morgan fingerprint density at radius 1 is 1.24 bits per heavy atom. The van der Waals surface area contributed by atoms with E-state index in [4.69, 9.17) is 0 Å². The van der Waals surface area contributed by atoms with Crippen molar-refractivity contribution < 1.29 is 17.6 Å². The third-order valence-electron chi connectivity index (χ3n) is 4.71. The molecule has 2 aliphatic heterocycles. The number of benzene rings is 1. The highest BCUT2D eigenvalue weighted by molar-refractivity contribution is 7.89. The van der Waals surface area contributed by atoms with Crippen LogP contribution < -0.4 is 10.6 Å². The van der Waals surface area contributed by atoms with Crippen LogP contribution in [-0.2, 0) is 14.8 Å². The summed E-state index contributed by atoms with van der Waals surface area (Å²) in [5.41, 5.74) is 0. The zero-order chi connectivity index (χ0) is 17.2. The van der Waals surface area contributed by atoms with Gasteiger partial charge in [-0.15, -0.1) is 12.4 Å². The van der Waals surface area contributed by atoms with Crippen molar-refractivity contribution >= 4 is 28.3 Å². The molecule has 1 aromatic rings. The van der Waals surface area contributed by atoms with Crippen LogP contribution in [-0.4, -0.2) is 51.4 Å². The first kappa shape index (κ1) is 20.1. The van der Waals surface area contributed by atoms with Crippen LogP contribution >= 0.6 is 12.4 Å². The van der Waals surface area contributed by atoms with Gasteiger partial charge in [-0.3, -0.25) is 4.79 Å². The molecule has 2 heterocycles. The zero-order valence-corrected chi connectivity index (χ0v) is 15.4. The topological polar surface area (TPSA) is 78.5 Å². The average Bonchev–Trinajstić information content (AvgIpc) is 2.53. The third kappa shape index (κ3) is 4.49. The van der Waals surface area contributed by atoms with Crippen LogP contribution in [0.2, 0.25) is 0 Å². The molecule has 0 unspecified atom stereocenters. The molecule has 2 saturated heterocycles. The summed E-state index contributed by atoms with van der Waals surface area (Å²) in [6.45, 7) is 3.00.